The van der Waals surface area contributed by atoms with Crippen LogP contribution in [0.2, 0.25) is 0 Å². The van der Waals surface area contributed by atoms with E-state index in [1.165, 1.54) is 0 Å². The Hall–Kier alpha value is -3.78. The maximum absolute atomic E-state index is 12.0. The van der Waals surface area contributed by atoms with Crippen molar-refractivity contribution in [3.63, 3.8) is 0 Å². The van der Waals surface area contributed by atoms with Gasteiger partial charge in [-0.3, -0.25) is 9.78 Å². The molecule has 2 aliphatic rings. The molecule has 0 unspecified atom stereocenters. The summed E-state index contributed by atoms with van der Waals surface area (Å²) < 4.78 is 6.14. The highest BCUT2D eigenvalue weighted by molar-refractivity contribution is 6.02. The Labute approximate surface area is 191 Å². The van der Waals surface area contributed by atoms with Crippen LogP contribution in [0, 0.1) is 0 Å². The summed E-state index contributed by atoms with van der Waals surface area (Å²) in [6.45, 7) is 3.98. The molecule has 33 heavy (non-hydrogen) atoms. The summed E-state index contributed by atoms with van der Waals surface area (Å²) in [6, 6.07) is 7.79. The second-order valence-corrected chi connectivity index (χ2v) is 8.65. The van der Waals surface area contributed by atoms with Crippen LogP contribution in [0.15, 0.2) is 53.5 Å². The highest BCUT2D eigenvalue weighted by Gasteiger charge is 2.22. The van der Waals surface area contributed by atoms with Crippen molar-refractivity contribution in [3.8, 4) is 11.6 Å². The predicted octanol–water partition coefficient (Wildman–Crippen LogP) is 3.91. The number of Topliss-reactive ketones (excluding diaryl/α,β-unsaturated/α-hetero) is 1. The number of anilines is 3. The Morgan fingerprint density at radius 2 is 1.82 bits per heavy atom. The molecular formula is C25H24N6O2. The first-order chi connectivity index (χ1) is 16.2. The van der Waals surface area contributed by atoms with Gasteiger partial charge >= 0.3 is 0 Å². The Morgan fingerprint density at radius 1 is 1.00 bits per heavy atom. The van der Waals surface area contributed by atoms with Crippen LogP contribution in [0.5, 0.6) is 0 Å². The van der Waals surface area contributed by atoms with Gasteiger partial charge in [0.05, 0.1) is 30.0 Å². The third kappa shape index (κ3) is 3.62. The third-order valence-electron chi connectivity index (χ3n) is 6.50. The number of ketones is 1. The van der Waals surface area contributed by atoms with E-state index in [2.05, 4.69) is 37.1 Å². The molecule has 1 aromatic carbocycles. The SMILES string of the molecule is CN1CCN(c2cnc(-c3oc4cnccc4c3Nc3ccc4c(c3)CCC4=O)nc2)CC1. The molecule has 8 heteroatoms. The van der Waals surface area contributed by atoms with Gasteiger partial charge < -0.3 is 19.5 Å². The van der Waals surface area contributed by atoms with Crippen molar-refractivity contribution < 1.29 is 9.21 Å². The van der Waals surface area contributed by atoms with Crippen LogP contribution < -0.4 is 10.2 Å². The molecule has 0 spiro atoms. The maximum Gasteiger partial charge on any atom is 0.198 e. The van der Waals surface area contributed by atoms with Crippen molar-refractivity contribution in [1.29, 1.82) is 0 Å². The summed E-state index contributed by atoms with van der Waals surface area (Å²) in [4.78, 5) is 30.1. The second-order valence-electron chi connectivity index (χ2n) is 8.65. The number of carbonyl (C=O) groups excluding carboxylic acids is 1. The van der Waals surface area contributed by atoms with E-state index < -0.39 is 0 Å². The first-order valence-electron chi connectivity index (χ1n) is 11.2. The number of carbonyl (C=O) groups is 1. The van der Waals surface area contributed by atoms with Crippen molar-refractivity contribution in [1.82, 2.24) is 19.9 Å². The first-order valence-corrected chi connectivity index (χ1v) is 11.2. The molecule has 3 aromatic heterocycles. The number of furan rings is 1. The third-order valence-corrected chi connectivity index (χ3v) is 6.50. The molecule has 0 bridgehead atoms. The number of aryl methyl sites for hydroxylation is 1. The normalized spacial score (nSPS) is 16.4. The van der Waals surface area contributed by atoms with Gasteiger partial charge in [0.25, 0.3) is 0 Å². The molecule has 0 amide bonds. The van der Waals surface area contributed by atoms with Crippen LogP contribution in [0.4, 0.5) is 17.1 Å². The fourth-order valence-corrected chi connectivity index (χ4v) is 4.58. The van der Waals surface area contributed by atoms with Gasteiger partial charge in [-0.1, -0.05) is 0 Å². The summed E-state index contributed by atoms with van der Waals surface area (Å²) >= 11 is 0. The van der Waals surface area contributed by atoms with Crippen LogP contribution in [-0.4, -0.2) is 58.9 Å². The van der Waals surface area contributed by atoms with Crippen LogP contribution in [0.3, 0.4) is 0 Å². The zero-order valence-corrected chi connectivity index (χ0v) is 18.4. The molecule has 0 radical (unpaired) electrons. The quantitative estimate of drug-likeness (QED) is 0.511. The average molecular weight is 441 g/mol. The maximum atomic E-state index is 12.0. The van der Waals surface area contributed by atoms with Gasteiger partial charge in [-0.05, 0) is 43.3 Å². The standard InChI is InChI=1S/C25H24N6O2/c1-30-8-10-31(11-9-30)18-13-27-25(28-14-18)24-23(20-6-7-26-15-22(20)33-24)29-17-3-4-19-16(12-17)2-5-21(19)32/h3-4,6-7,12-15,29H,2,5,8-11H2,1H3. The largest absolute Gasteiger partial charge is 0.449 e. The second kappa shape index (κ2) is 7.97. The van der Waals surface area contributed by atoms with Gasteiger partial charge in [0, 0.05) is 55.4 Å². The Kier molecular flexibility index (Phi) is 4.80. The molecule has 1 aliphatic carbocycles. The lowest BCUT2D eigenvalue weighted by Gasteiger charge is -2.33. The minimum absolute atomic E-state index is 0.214. The molecule has 1 fully saturated rings. The van der Waals surface area contributed by atoms with Crippen molar-refractivity contribution >= 4 is 33.8 Å². The van der Waals surface area contributed by atoms with E-state index in [1.807, 2.05) is 36.7 Å². The molecule has 166 valence electrons. The molecule has 0 atom stereocenters. The highest BCUT2D eigenvalue weighted by Crippen LogP contribution is 2.39. The molecule has 4 aromatic rings. The zero-order valence-electron chi connectivity index (χ0n) is 18.4. The van der Waals surface area contributed by atoms with E-state index in [1.54, 1.807) is 12.4 Å². The molecule has 6 rings (SSSR count). The zero-order chi connectivity index (χ0) is 22.4. The molecule has 1 aliphatic heterocycles. The molecule has 8 nitrogen and oxygen atoms in total. The Bertz CT molecular complexity index is 1340. The predicted molar refractivity (Wildman–Crippen MR) is 127 cm³/mol. The van der Waals surface area contributed by atoms with Crippen LogP contribution in [0.25, 0.3) is 22.6 Å². The number of hydrogen-bond donors (Lipinski definition) is 1. The lowest BCUT2D eigenvalue weighted by Crippen LogP contribution is -2.44. The topological polar surface area (TPSA) is 87.4 Å². The number of aromatic nitrogens is 3. The summed E-state index contributed by atoms with van der Waals surface area (Å²) in [5.41, 5.74) is 5.28. The highest BCUT2D eigenvalue weighted by atomic mass is 16.3. The lowest BCUT2D eigenvalue weighted by molar-refractivity contribution is 0.0994. The number of nitrogens with one attached hydrogen (secondary N) is 1. The van der Waals surface area contributed by atoms with E-state index >= 15 is 0 Å². The average Bonchev–Trinajstić information content (AvgIpc) is 3.40. The van der Waals surface area contributed by atoms with Gasteiger partial charge in [-0.15, -0.1) is 0 Å². The summed E-state index contributed by atoms with van der Waals surface area (Å²) in [6.07, 6.45) is 8.53. The van der Waals surface area contributed by atoms with Crippen molar-refractivity contribution in [2.75, 3.05) is 43.4 Å². The van der Waals surface area contributed by atoms with E-state index in [0.717, 1.165) is 66.2 Å². The van der Waals surface area contributed by atoms with Crippen molar-refractivity contribution in [2.45, 2.75) is 12.8 Å². The van der Waals surface area contributed by atoms with Crippen LogP contribution in [0.1, 0.15) is 22.3 Å². The van der Waals surface area contributed by atoms with Crippen LogP contribution >= 0.6 is 0 Å². The minimum Gasteiger partial charge on any atom is -0.449 e. The smallest absolute Gasteiger partial charge is 0.198 e. The van der Waals surface area contributed by atoms with Crippen molar-refractivity contribution in [3.05, 3.63) is 60.2 Å². The number of pyridine rings is 1. The van der Waals surface area contributed by atoms with Gasteiger partial charge in [0.2, 0.25) is 0 Å². The number of nitrogens with zero attached hydrogens (tertiary/aromatic N) is 5. The number of benzene rings is 1. The Morgan fingerprint density at radius 3 is 2.64 bits per heavy atom. The minimum atomic E-state index is 0.214. The number of rotatable bonds is 4. The summed E-state index contributed by atoms with van der Waals surface area (Å²) in [7, 11) is 2.14. The molecule has 1 N–H and O–H groups in total. The van der Waals surface area contributed by atoms with Crippen LogP contribution in [-0.2, 0) is 6.42 Å². The van der Waals surface area contributed by atoms with Gasteiger partial charge in [-0.25, -0.2) is 9.97 Å². The number of hydrogen-bond acceptors (Lipinski definition) is 8. The van der Waals surface area contributed by atoms with Gasteiger partial charge in [0.15, 0.2) is 23.0 Å². The van der Waals surface area contributed by atoms with E-state index in [-0.39, 0.29) is 5.78 Å². The lowest BCUT2D eigenvalue weighted by atomic mass is 10.1. The number of likely N-dealkylation sites (N-methyl/N-ethyl adjacent to an activating group) is 1. The summed E-state index contributed by atoms with van der Waals surface area (Å²) in [5.74, 6) is 1.30. The fraction of sp³-hybridized carbons (Fsp3) is 0.280. The molecular weight excluding hydrogens is 416 g/mol. The first kappa shape index (κ1) is 19.9. The molecule has 0 saturated carbocycles. The number of fused-ring (bicyclic) bond motifs is 2. The van der Waals surface area contributed by atoms with Crippen molar-refractivity contribution in [2.24, 2.45) is 0 Å². The van der Waals surface area contributed by atoms with E-state index in [0.29, 0.717) is 23.6 Å². The molecule has 4 heterocycles. The summed E-state index contributed by atoms with van der Waals surface area (Å²) in [5, 5.41) is 4.40. The molecule has 1 saturated heterocycles. The van der Waals surface area contributed by atoms with E-state index in [4.69, 9.17) is 4.42 Å². The number of piperazine rings is 1. The van der Waals surface area contributed by atoms with Gasteiger partial charge in [0.1, 0.15) is 0 Å². The van der Waals surface area contributed by atoms with Gasteiger partial charge in [-0.2, -0.15) is 0 Å². The van der Waals surface area contributed by atoms with E-state index in [9.17, 15) is 4.79 Å². The fourth-order valence-electron chi connectivity index (χ4n) is 4.58. The monoisotopic (exact) mass is 440 g/mol. The Balaban J connectivity index is 1.35.